The second kappa shape index (κ2) is 10.5. The fourth-order valence-electron chi connectivity index (χ4n) is 7.17. The smallest absolute Gasteiger partial charge is 0.344 e. The number of fused-ring (bicyclic) bond motifs is 3. The van der Waals surface area contributed by atoms with Gasteiger partial charge in [0.25, 0.3) is 0 Å². The summed E-state index contributed by atoms with van der Waals surface area (Å²) in [4.78, 5) is 14.4. The standard InChI is InChI=1S/C30H42NO4S/c1-21-18-22(2)28(23(3)19-21)34-16-7-13-31-14-11-24(12-15-31)26(20-31)35-29(32)30(33,25-8-4-5-9-25)27-10-6-17-36-27/h6,10,17-19,24-26,33H,4-5,7-9,11-16,20H2,1-3H3/q+1/t24?,26-,30-,31?/m1/s1. The van der Waals surface area contributed by atoms with E-state index >= 15 is 0 Å². The van der Waals surface area contributed by atoms with Crippen LogP contribution in [0.4, 0.5) is 0 Å². The molecule has 0 amide bonds. The molecule has 4 fully saturated rings. The predicted octanol–water partition coefficient (Wildman–Crippen LogP) is 5.67. The number of hydrogen-bond acceptors (Lipinski definition) is 5. The second-order valence-corrected chi connectivity index (χ2v) is 12.6. The van der Waals surface area contributed by atoms with Gasteiger partial charge >= 0.3 is 5.97 Å². The Morgan fingerprint density at radius 2 is 1.81 bits per heavy atom. The van der Waals surface area contributed by atoms with Gasteiger partial charge in [0, 0.05) is 36.0 Å². The number of nitrogens with zero attached hydrogens (tertiary/aromatic N) is 1. The highest BCUT2D eigenvalue weighted by Crippen LogP contribution is 2.44. The fraction of sp³-hybridized carbons (Fsp3) is 0.633. The molecular weight excluding hydrogens is 470 g/mol. The lowest BCUT2D eigenvalue weighted by molar-refractivity contribution is -0.946. The predicted molar refractivity (Wildman–Crippen MR) is 143 cm³/mol. The van der Waals surface area contributed by atoms with Gasteiger partial charge in [0.05, 0.1) is 26.2 Å². The molecule has 0 spiro atoms. The van der Waals surface area contributed by atoms with Crippen molar-refractivity contribution in [2.24, 2.45) is 11.8 Å². The van der Waals surface area contributed by atoms with E-state index in [0.29, 0.717) is 12.5 Å². The van der Waals surface area contributed by atoms with Crippen LogP contribution in [-0.2, 0) is 15.1 Å². The minimum atomic E-state index is -1.50. The van der Waals surface area contributed by atoms with Crippen LogP contribution in [0, 0.1) is 32.6 Å². The molecule has 3 saturated heterocycles. The van der Waals surface area contributed by atoms with Crippen molar-refractivity contribution < 1.29 is 23.9 Å². The molecule has 1 saturated carbocycles. The normalized spacial score (nSPS) is 27.7. The number of quaternary nitrogens is 1. The van der Waals surface area contributed by atoms with Crippen LogP contribution >= 0.6 is 11.3 Å². The molecule has 1 N–H and O–H groups in total. The third kappa shape index (κ3) is 4.97. The van der Waals surface area contributed by atoms with Crippen LogP contribution in [0.25, 0.3) is 0 Å². The molecule has 6 heteroatoms. The van der Waals surface area contributed by atoms with Crippen LogP contribution in [0.15, 0.2) is 29.6 Å². The van der Waals surface area contributed by atoms with E-state index in [2.05, 4.69) is 32.9 Å². The third-order valence-electron chi connectivity index (χ3n) is 9.08. The maximum atomic E-state index is 13.6. The highest BCUT2D eigenvalue weighted by atomic mass is 32.1. The molecule has 2 bridgehead atoms. The lowest BCUT2D eigenvalue weighted by Gasteiger charge is -2.52. The summed E-state index contributed by atoms with van der Waals surface area (Å²) in [5.41, 5.74) is 2.17. The molecule has 1 aliphatic carbocycles. The number of esters is 1. The number of hydrogen-bond donors (Lipinski definition) is 1. The summed E-state index contributed by atoms with van der Waals surface area (Å²) in [5.74, 6) is 0.977. The van der Waals surface area contributed by atoms with Crippen molar-refractivity contribution in [3.05, 3.63) is 51.2 Å². The van der Waals surface area contributed by atoms with E-state index in [0.717, 1.165) is 86.2 Å². The Kier molecular flexibility index (Phi) is 7.49. The van der Waals surface area contributed by atoms with E-state index in [9.17, 15) is 9.90 Å². The first-order chi connectivity index (χ1) is 17.3. The van der Waals surface area contributed by atoms with Gasteiger partial charge in [-0.05, 0) is 56.2 Å². The van der Waals surface area contributed by atoms with Gasteiger partial charge in [0.2, 0.25) is 0 Å². The van der Waals surface area contributed by atoms with Crippen molar-refractivity contribution in [2.45, 2.75) is 77.4 Å². The summed E-state index contributed by atoms with van der Waals surface area (Å²) in [5, 5.41) is 13.7. The Bertz CT molecular complexity index is 1030. The molecule has 0 unspecified atom stereocenters. The highest BCUT2D eigenvalue weighted by molar-refractivity contribution is 7.10. The van der Waals surface area contributed by atoms with Crippen molar-refractivity contribution in [3.63, 3.8) is 0 Å². The number of benzene rings is 1. The summed E-state index contributed by atoms with van der Waals surface area (Å²) in [6.07, 6.45) is 6.98. The lowest BCUT2D eigenvalue weighted by atomic mass is 9.82. The Hall–Kier alpha value is -1.89. The van der Waals surface area contributed by atoms with Crippen LogP contribution in [0.2, 0.25) is 0 Å². The summed E-state index contributed by atoms with van der Waals surface area (Å²) < 4.78 is 13.5. The minimum Gasteiger partial charge on any atom is -0.493 e. The van der Waals surface area contributed by atoms with Gasteiger partial charge in [0.1, 0.15) is 12.3 Å². The second-order valence-electron chi connectivity index (χ2n) is 11.6. The molecule has 0 radical (unpaired) electrons. The fourth-order valence-corrected chi connectivity index (χ4v) is 8.06. The zero-order valence-corrected chi connectivity index (χ0v) is 22.9. The van der Waals surface area contributed by atoms with E-state index in [1.54, 1.807) is 0 Å². The first-order valence-corrected chi connectivity index (χ1v) is 14.7. The van der Waals surface area contributed by atoms with Crippen LogP contribution < -0.4 is 4.74 Å². The molecule has 5 nitrogen and oxygen atoms in total. The van der Waals surface area contributed by atoms with E-state index in [-0.39, 0.29) is 12.0 Å². The average molecular weight is 513 g/mol. The number of piperidine rings is 3. The molecule has 3 aliphatic heterocycles. The van der Waals surface area contributed by atoms with Crippen molar-refractivity contribution in [3.8, 4) is 5.75 Å². The molecule has 2 atom stereocenters. The monoisotopic (exact) mass is 512 g/mol. The Labute approximate surface area is 220 Å². The van der Waals surface area contributed by atoms with Crippen LogP contribution in [0.1, 0.15) is 66.5 Å². The van der Waals surface area contributed by atoms with Crippen molar-refractivity contribution >= 4 is 17.3 Å². The number of aryl methyl sites for hydroxylation is 3. The largest absolute Gasteiger partial charge is 0.493 e. The number of carbonyl (C=O) groups is 1. The number of ether oxygens (including phenoxy) is 2. The highest BCUT2D eigenvalue weighted by Gasteiger charge is 2.53. The van der Waals surface area contributed by atoms with Gasteiger partial charge in [-0.1, -0.05) is 36.6 Å². The molecule has 36 heavy (non-hydrogen) atoms. The summed E-state index contributed by atoms with van der Waals surface area (Å²) in [6.45, 7) is 11.3. The van der Waals surface area contributed by atoms with Crippen LogP contribution in [0.3, 0.4) is 0 Å². The van der Waals surface area contributed by atoms with E-state index in [1.165, 1.54) is 28.0 Å². The van der Waals surface area contributed by atoms with E-state index < -0.39 is 11.6 Å². The third-order valence-corrected chi connectivity index (χ3v) is 10.1. The SMILES string of the molecule is Cc1cc(C)c(OCCC[N+]23CCC(CC2)[C@H](OC(=O)[C@](O)(c2cccs2)C2CCCC2)C3)c(C)c1. The van der Waals surface area contributed by atoms with Gasteiger partial charge in [-0.3, -0.25) is 0 Å². The molecular formula is C30H42NO4S+. The van der Waals surface area contributed by atoms with Crippen molar-refractivity contribution in [1.82, 2.24) is 0 Å². The number of aliphatic hydroxyl groups is 1. The molecule has 6 rings (SSSR count). The maximum Gasteiger partial charge on any atom is 0.344 e. The van der Waals surface area contributed by atoms with Gasteiger partial charge in [-0.2, -0.15) is 0 Å². The molecule has 1 aromatic carbocycles. The summed E-state index contributed by atoms with van der Waals surface area (Å²) >= 11 is 1.47. The van der Waals surface area contributed by atoms with E-state index in [1.807, 2.05) is 17.5 Å². The number of thiophene rings is 1. The Balaban J connectivity index is 1.21. The van der Waals surface area contributed by atoms with Gasteiger partial charge in [0.15, 0.2) is 11.7 Å². The van der Waals surface area contributed by atoms with E-state index in [4.69, 9.17) is 9.47 Å². The molecule has 1 aromatic heterocycles. The molecule has 2 aromatic rings. The van der Waals surface area contributed by atoms with Gasteiger partial charge in [-0.15, -0.1) is 11.3 Å². The first-order valence-electron chi connectivity index (χ1n) is 13.8. The average Bonchev–Trinajstić information content (AvgIpc) is 3.58. The maximum absolute atomic E-state index is 13.6. The Morgan fingerprint density at radius 3 is 2.44 bits per heavy atom. The zero-order chi connectivity index (χ0) is 25.3. The molecule has 4 heterocycles. The summed E-state index contributed by atoms with van der Waals surface area (Å²) in [7, 11) is 0. The number of carbonyl (C=O) groups excluding carboxylic acids is 1. The Morgan fingerprint density at radius 1 is 1.11 bits per heavy atom. The quantitative estimate of drug-likeness (QED) is 0.267. The van der Waals surface area contributed by atoms with Crippen molar-refractivity contribution in [1.29, 1.82) is 0 Å². The zero-order valence-electron chi connectivity index (χ0n) is 22.1. The van der Waals surface area contributed by atoms with Gasteiger partial charge in [-0.25, -0.2) is 4.79 Å². The number of rotatable bonds is 9. The molecule has 196 valence electrons. The van der Waals surface area contributed by atoms with Crippen LogP contribution in [0.5, 0.6) is 5.75 Å². The van der Waals surface area contributed by atoms with Crippen LogP contribution in [-0.4, -0.2) is 54.4 Å². The summed E-state index contributed by atoms with van der Waals surface area (Å²) in [6, 6.07) is 8.18. The van der Waals surface area contributed by atoms with Gasteiger partial charge < -0.3 is 19.1 Å². The molecule has 4 aliphatic rings. The van der Waals surface area contributed by atoms with Crippen molar-refractivity contribution in [2.75, 3.05) is 32.8 Å². The first kappa shape index (κ1) is 25.7. The lowest BCUT2D eigenvalue weighted by Crippen LogP contribution is -2.65. The topological polar surface area (TPSA) is 55.8 Å². The minimum absolute atomic E-state index is 0.0429.